The molecule has 0 spiro atoms. The molecule has 0 atom stereocenters. The van der Waals surface area contributed by atoms with Crippen LogP contribution >= 0.6 is 0 Å². The number of fused-ring (bicyclic) bond motifs is 1. The van der Waals surface area contributed by atoms with Crippen LogP contribution in [0.3, 0.4) is 0 Å². The second kappa shape index (κ2) is 9.05. The standard InChI is InChI=1S/C24H21N3O2.BrH/c1-16-10-12-18(13-11-16)22-20-8-3-4-9-21(20)23(25)27(26-22)15-17-6-5-7-19(14-17)24(28)29-2;/h3-14,25H,15H2,1-2H3;1H. The average Bonchev–Trinajstić information content (AvgIpc) is 2.76. The number of nitrogen functional groups attached to an aromatic ring is 1. The second-order valence-electron chi connectivity index (χ2n) is 7.00. The van der Waals surface area contributed by atoms with Crippen molar-refractivity contribution in [3.63, 3.8) is 0 Å². The first-order chi connectivity index (χ1) is 14.1. The lowest BCUT2D eigenvalue weighted by atomic mass is 10.0. The van der Waals surface area contributed by atoms with Gasteiger partial charge in [-0.25, -0.2) is 4.79 Å². The van der Waals surface area contributed by atoms with Gasteiger partial charge in [0.25, 0.3) is 0 Å². The van der Waals surface area contributed by atoms with Crippen molar-refractivity contribution in [2.24, 2.45) is 0 Å². The van der Waals surface area contributed by atoms with Crippen LogP contribution in [0.4, 0.5) is 5.82 Å². The van der Waals surface area contributed by atoms with Gasteiger partial charge < -0.3 is 21.7 Å². The molecule has 6 heteroatoms. The molecule has 30 heavy (non-hydrogen) atoms. The molecule has 0 unspecified atom stereocenters. The van der Waals surface area contributed by atoms with E-state index >= 15 is 0 Å². The minimum absolute atomic E-state index is 0. The van der Waals surface area contributed by atoms with Crippen LogP contribution < -0.4 is 27.4 Å². The maximum atomic E-state index is 11.9. The van der Waals surface area contributed by atoms with Crippen molar-refractivity contribution in [3.05, 3.63) is 89.5 Å². The zero-order chi connectivity index (χ0) is 20.4. The fourth-order valence-corrected chi connectivity index (χ4v) is 3.41. The molecule has 152 valence electrons. The molecule has 0 saturated heterocycles. The summed E-state index contributed by atoms with van der Waals surface area (Å²) in [7, 11) is 1.38. The van der Waals surface area contributed by atoms with E-state index < -0.39 is 0 Å². The Balaban J connectivity index is 0.00000256. The molecule has 4 rings (SSSR count). The van der Waals surface area contributed by atoms with Crippen molar-refractivity contribution in [1.82, 2.24) is 5.10 Å². The highest BCUT2D eigenvalue weighted by Gasteiger charge is 2.18. The maximum Gasteiger partial charge on any atom is 0.337 e. The number of benzene rings is 3. The summed E-state index contributed by atoms with van der Waals surface area (Å²) in [5.41, 5.74) is 11.0. The van der Waals surface area contributed by atoms with Crippen molar-refractivity contribution < 1.29 is 31.2 Å². The summed E-state index contributed by atoms with van der Waals surface area (Å²) in [6, 6.07) is 23.6. The van der Waals surface area contributed by atoms with Crippen LogP contribution in [0.1, 0.15) is 21.5 Å². The Labute approximate surface area is 185 Å². The lowest BCUT2D eigenvalue weighted by Gasteiger charge is -2.10. The van der Waals surface area contributed by atoms with Gasteiger partial charge in [0.2, 0.25) is 0 Å². The zero-order valence-corrected chi connectivity index (χ0v) is 18.4. The molecule has 0 radical (unpaired) electrons. The second-order valence-corrected chi connectivity index (χ2v) is 7.00. The van der Waals surface area contributed by atoms with E-state index in [2.05, 4.69) is 31.2 Å². The number of esters is 1. The van der Waals surface area contributed by atoms with Crippen LogP contribution in [0.5, 0.6) is 0 Å². The van der Waals surface area contributed by atoms with E-state index in [1.807, 2.05) is 36.4 Å². The summed E-state index contributed by atoms with van der Waals surface area (Å²) in [6.45, 7) is 2.51. The third-order valence-electron chi connectivity index (χ3n) is 4.96. The number of methoxy groups -OCH3 is 1. The van der Waals surface area contributed by atoms with Crippen LogP contribution in [0.15, 0.2) is 72.8 Å². The smallest absolute Gasteiger partial charge is 0.337 e. The van der Waals surface area contributed by atoms with Gasteiger partial charge in [0.15, 0.2) is 0 Å². The molecule has 0 aliphatic rings. The molecule has 4 aromatic rings. The number of nitrogens with two attached hydrogens (primary N) is 1. The minimum atomic E-state index is -0.364. The molecule has 0 aliphatic carbocycles. The predicted molar refractivity (Wildman–Crippen MR) is 113 cm³/mol. The summed E-state index contributed by atoms with van der Waals surface area (Å²) >= 11 is 0. The molecule has 0 bridgehead atoms. The van der Waals surface area contributed by atoms with Gasteiger partial charge in [0.1, 0.15) is 12.2 Å². The fourth-order valence-electron chi connectivity index (χ4n) is 3.41. The molecule has 2 N–H and O–H groups in total. The van der Waals surface area contributed by atoms with E-state index in [0.29, 0.717) is 17.9 Å². The van der Waals surface area contributed by atoms with Crippen LogP contribution in [-0.2, 0) is 11.3 Å². The number of ether oxygens (including phenoxy) is 1. The molecule has 0 fully saturated rings. The summed E-state index contributed by atoms with van der Waals surface area (Å²) in [4.78, 5) is 11.9. The summed E-state index contributed by atoms with van der Waals surface area (Å²) in [5.74, 6) is 0.219. The number of halogens is 1. The highest BCUT2D eigenvalue weighted by molar-refractivity contribution is 5.98. The Morgan fingerprint density at radius 1 is 1.00 bits per heavy atom. The van der Waals surface area contributed by atoms with Gasteiger partial charge in [0.05, 0.1) is 18.1 Å². The first-order valence-corrected chi connectivity index (χ1v) is 9.39. The molecule has 0 aliphatic heterocycles. The summed E-state index contributed by atoms with van der Waals surface area (Å²) in [5, 5.41) is 6.82. The molecule has 0 saturated carbocycles. The molecular formula is C24H22BrN3O2. The SMILES string of the molecule is COC(=O)c1cccc(C[n+]2nc(-c3ccc(C)cc3)c3ccccc3c2N)c1.[Br-]. The normalized spacial score (nSPS) is 10.5. The number of anilines is 1. The van der Waals surface area contributed by atoms with Gasteiger partial charge in [-0.2, -0.15) is 0 Å². The van der Waals surface area contributed by atoms with Crippen molar-refractivity contribution in [2.45, 2.75) is 13.5 Å². The molecule has 3 aromatic carbocycles. The predicted octanol–water partition coefficient (Wildman–Crippen LogP) is 0.919. The summed E-state index contributed by atoms with van der Waals surface area (Å²) < 4.78 is 6.61. The minimum Gasteiger partial charge on any atom is -1.00 e. The van der Waals surface area contributed by atoms with Gasteiger partial charge >= 0.3 is 11.8 Å². The van der Waals surface area contributed by atoms with Crippen LogP contribution in [0.2, 0.25) is 0 Å². The first-order valence-electron chi connectivity index (χ1n) is 9.39. The van der Waals surface area contributed by atoms with Crippen molar-refractivity contribution in [1.29, 1.82) is 0 Å². The number of carbonyl (C=O) groups is 1. The van der Waals surface area contributed by atoms with Gasteiger partial charge in [-0.3, -0.25) is 5.73 Å². The van der Waals surface area contributed by atoms with E-state index in [9.17, 15) is 4.79 Å². The molecule has 5 nitrogen and oxygen atoms in total. The fraction of sp³-hybridized carbons (Fsp3) is 0.125. The number of rotatable bonds is 4. The van der Waals surface area contributed by atoms with Gasteiger partial charge in [-0.05, 0) is 30.7 Å². The Morgan fingerprint density at radius 3 is 2.40 bits per heavy atom. The number of hydrogen-bond donors (Lipinski definition) is 1. The highest BCUT2D eigenvalue weighted by Crippen LogP contribution is 2.28. The van der Waals surface area contributed by atoms with Gasteiger partial charge in [-0.1, -0.05) is 65.3 Å². The summed E-state index contributed by atoms with van der Waals surface area (Å²) in [6.07, 6.45) is 0. The van der Waals surface area contributed by atoms with E-state index in [0.717, 1.165) is 27.6 Å². The van der Waals surface area contributed by atoms with Crippen LogP contribution in [0.25, 0.3) is 22.0 Å². The average molecular weight is 464 g/mol. The lowest BCUT2D eigenvalue weighted by Crippen LogP contribution is -3.00. The molecular weight excluding hydrogens is 442 g/mol. The van der Waals surface area contributed by atoms with E-state index in [4.69, 9.17) is 15.6 Å². The highest BCUT2D eigenvalue weighted by atomic mass is 79.9. The Morgan fingerprint density at radius 2 is 1.70 bits per heavy atom. The number of hydrogen-bond acceptors (Lipinski definition) is 4. The number of aromatic nitrogens is 2. The number of carbonyl (C=O) groups excluding carboxylic acids is 1. The molecule has 1 aromatic heterocycles. The van der Waals surface area contributed by atoms with E-state index in [-0.39, 0.29) is 23.0 Å². The van der Waals surface area contributed by atoms with Gasteiger partial charge in [-0.15, -0.1) is 4.68 Å². The Bertz CT molecular complexity index is 1210. The monoisotopic (exact) mass is 463 g/mol. The van der Waals surface area contributed by atoms with Crippen molar-refractivity contribution in [2.75, 3.05) is 12.8 Å². The Hall–Kier alpha value is -3.25. The zero-order valence-electron chi connectivity index (χ0n) is 16.8. The van der Waals surface area contributed by atoms with Crippen LogP contribution in [0, 0.1) is 6.92 Å². The molecule has 1 heterocycles. The lowest BCUT2D eigenvalue weighted by molar-refractivity contribution is -0.730. The maximum absolute atomic E-state index is 11.9. The number of aryl methyl sites for hydroxylation is 1. The van der Waals surface area contributed by atoms with Crippen molar-refractivity contribution >= 4 is 22.6 Å². The quantitative estimate of drug-likeness (QED) is 0.360. The largest absolute Gasteiger partial charge is 1.00 e. The van der Waals surface area contributed by atoms with Crippen LogP contribution in [-0.4, -0.2) is 18.2 Å². The topological polar surface area (TPSA) is 69.1 Å². The van der Waals surface area contributed by atoms with Crippen molar-refractivity contribution in [3.8, 4) is 11.3 Å². The van der Waals surface area contributed by atoms with E-state index in [1.165, 1.54) is 12.7 Å². The Kier molecular flexibility index (Phi) is 6.47. The third-order valence-corrected chi connectivity index (χ3v) is 4.96. The third kappa shape index (κ3) is 4.19. The van der Waals surface area contributed by atoms with Gasteiger partial charge in [0, 0.05) is 10.9 Å². The first kappa shape index (κ1) is 21.5. The van der Waals surface area contributed by atoms with E-state index in [1.54, 1.807) is 16.8 Å². The molecule has 0 amide bonds. The number of nitrogens with zero attached hydrogens (tertiary/aromatic N) is 2.